The Labute approximate surface area is 187 Å². The van der Waals surface area contributed by atoms with Crippen LogP contribution in [0.1, 0.15) is 24.8 Å². The molecule has 1 atom stereocenters. The SMILES string of the molecule is COc1cccc(O)c1CN1CCCC[C@H]1C(=O)Nc1ccc(Oc2ccccc2)nc1. The minimum atomic E-state index is -0.298. The third-order valence-corrected chi connectivity index (χ3v) is 5.58. The molecule has 1 saturated heterocycles. The molecule has 0 bridgehead atoms. The molecule has 1 fully saturated rings. The zero-order valence-corrected chi connectivity index (χ0v) is 18.0. The molecule has 0 radical (unpaired) electrons. The number of piperidine rings is 1. The van der Waals surface area contributed by atoms with Crippen LogP contribution in [0.5, 0.6) is 23.1 Å². The van der Waals surface area contributed by atoms with Crippen molar-refractivity contribution in [2.45, 2.75) is 31.8 Å². The number of anilines is 1. The molecule has 2 heterocycles. The van der Waals surface area contributed by atoms with Gasteiger partial charge in [-0.2, -0.15) is 0 Å². The maximum absolute atomic E-state index is 13.1. The topological polar surface area (TPSA) is 83.9 Å². The monoisotopic (exact) mass is 433 g/mol. The van der Waals surface area contributed by atoms with E-state index in [1.807, 2.05) is 36.4 Å². The molecule has 1 amide bonds. The average Bonchev–Trinajstić information content (AvgIpc) is 2.82. The van der Waals surface area contributed by atoms with E-state index in [1.165, 1.54) is 0 Å². The Bertz CT molecular complexity index is 1040. The second-order valence-corrected chi connectivity index (χ2v) is 7.73. The fourth-order valence-corrected chi connectivity index (χ4v) is 3.93. The molecule has 32 heavy (non-hydrogen) atoms. The van der Waals surface area contributed by atoms with Crippen molar-refractivity contribution in [1.82, 2.24) is 9.88 Å². The number of carbonyl (C=O) groups excluding carboxylic acids is 1. The summed E-state index contributed by atoms with van der Waals surface area (Å²) >= 11 is 0. The molecule has 0 unspecified atom stereocenters. The molecule has 0 aliphatic carbocycles. The number of nitrogens with one attached hydrogen (secondary N) is 1. The molecule has 166 valence electrons. The van der Waals surface area contributed by atoms with Crippen LogP contribution in [0.15, 0.2) is 66.9 Å². The Morgan fingerprint density at radius 1 is 1.12 bits per heavy atom. The maximum atomic E-state index is 13.1. The Morgan fingerprint density at radius 3 is 2.72 bits per heavy atom. The molecule has 7 nitrogen and oxygen atoms in total. The summed E-state index contributed by atoms with van der Waals surface area (Å²) in [6.45, 7) is 1.22. The number of pyridine rings is 1. The van der Waals surface area contributed by atoms with Crippen LogP contribution < -0.4 is 14.8 Å². The Balaban J connectivity index is 1.42. The number of nitrogens with zero attached hydrogens (tertiary/aromatic N) is 2. The first-order chi connectivity index (χ1) is 15.6. The average molecular weight is 434 g/mol. The lowest BCUT2D eigenvalue weighted by Gasteiger charge is -2.35. The van der Waals surface area contributed by atoms with Gasteiger partial charge in [0.1, 0.15) is 17.2 Å². The largest absolute Gasteiger partial charge is 0.507 e. The Hall–Kier alpha value is -3.58. The third-order valence-electron chi connectivity index (χ3n) is 5.58. The van der Waals surface area contributed by atoms with Crippen molar-refractivity contribution in [3.05, 3.63) is 72.4 Å². The second-order valence-electron chi connectivity index (χ2n) is 7.73. The van der Waals surface area contributed by atoms with Gasteiger partial charge in [-0.1, -0.05) is 30.7 Å². The van der Waals surface area contributed by atoms with E-state index >= 15 is 0 Å². The molecule has 7 heteroatoms. The summed E-state index contributed by atoms with van der Waals surface area (Å²) in [6, 6.07) is 17.8. The zero-order valence-electron chi connectivity index (χ0n) is 18.0. The van der Waals surface area contributed by atoms with Crippen LogP contribution >= 0.6 is 0 Å². The van der Waals surface area contributed by atoms with Gasteiger partial charge in [-0.15, -0.1) is 0 Å². The number of aromatic hydroxyl groups is 1. The Kier molecular flexibility index (Phi) is 6.87. The maximum Gasteiger partial charge on any atom is 0.241 e. The van der Waals surface area contributed by atoms with Gasteiger partial charge in [0.15, 0.2) is 0 Å². The number of phenols is 1. The summed E-state index contributed by atoms with van der Waals surface area (Å²) in [7, 11) is 1.58. The normalized spacial score (nSPS) is 16.3. The minimum absolute atomic E-state index is 0.0855. The van der Waals surface area contributed by atoms with Crippen LogP contribution in [0, 0.1) is 0 Å². The van der Waals surface area contributed by atoms with Crippen molar-refractivity contribution >= 4 is 11.6 Å². The van der Waals surface area contributed by atoms with Gasteiger partial charge in [-0.05, 0) is 49.7 Å². The highest BCUT2D eigenvalue weighted by Crippen LogP contribution is 2.31. The van der Waals surface area contributed by atoms with E-state index in [0.29, 0.717) is 35.2 Å². The van der Waals surface area contributed by atoms with Gasteiger partial charge >= 0.3 is 0 Å². The summed E-state index contributed by atoms with van der Waals surface area (Å²) in [5.41, 5.74) is 1.31. The van der Waals surface area contributed by atoms with E-state index in [4.69, 9.17) is 9.47 Å². The number of rotatable bonds is 7. The van der Waals surface area contributed by atoms with E-state index in [2.05, 4.69) is 15.2 Å². The van der Waals surface area contributed by atoms with Crippen LogP contribution in [-0.2, 0) is 11.3 Å². The van der Waals surface area contributed by atoms with E-state index in [1.54, 1.807) is 37.6 Å². The molecule has 1 aliphatic heterocycles. The van der Waals surface area contributed by atoms with Crippen molar-refractivity contribution < 1.29 is 19.4 Å². The van der Waals surface area contributed by atoms with Crippen molar-refractivity contribution in [1.29, 1.82) is 0 Å². The summed E-state index contributed by atoms with van der Waals surface area (Å²) in [6.07, 6.45) is 4.33. The number of likely N-dealkylation sites (tertiary alicyclic amines) is 1. The third kappa shape index (κ3) is 5.18. The molecule has 2 N–H and O–H groups in total. The number of aromatic nitrogens is 1. The standard InChI is InChI=1S/C25H27N3O4/c1-31-23-12-7-11-22(29)20(23)17-28-15-6-5-10-21(28)25(30)27-18-13-14-24(26-16-18)32-19-8-3-2-4-9-19/h2-4,7-9,11-14,16,21,29H,5-6,10,15,17H2,1H3,(H,27,30)/t21-/m0/s1. The molecule has 0 spiro atoms. The zero-order chi connectivity index (χ0) is 22.3. The smallest absolute Gasteiger partial charge is 0.241 e. The number of hydrogen-bond acceptors (Lipinski definition) is 6. The lowest BCUT2D eigenvalue weighted by molar-refractivity contribution is -0.122. The van der Waals surface area contributed by atoms with Crippen LogP contribution in [0.4, 0.5) is 5.69 Å². The molecular weight excluding hydrogens is 406 g/mol. The lowest BCUT2D eigenvalue weighted by atomic mass is 10.00. The highest BCUT2D eigenvalue weighted by Gasteiger charge is 2.30. The van der Waals surface area contributed by atoms with Gasteiger partial charge in [0.25, 0.3) is 0 Å². The van der Waals surface area contributed by atoms with Crippen LogP contribution in [0.2, 0.25) is 0 Å². The number of phenolic OH excluding ortho intramolecular Hbond substituents is 1. The van der Waals surface area contributed by atoms with E-state index in [9.17, 15) is 9.90 Å². The highest BCUT2D eigenvalue weighted by molar-refractivity contribution is 5.94. The number of carbonyl (C=O) groups is 1. The second kappa shape index (κ2) is 10.2. The number of para-hydroxylation sites is 1. The van der Waals surface area contributed by atoms with Crippen LogP contribution in [0.25, 0.3) is 0 Å². The van der Waals surface area contributed by atoms with Gasteiger partial charge in [0.05, 0.1) is 25.0 Å². The summed E-state index contributed by atoms with van der Waals surface area (Å²) < 4.78 is 11.1. The molecule has 0 saturated carbocycles. The predicted octanol–water partition coefficient (Wildman–Crippen LogP) is 4.58. The number of amides is 1. The molecule has 1 aliphatic rings. The van der Waals surface area contributed by atoms with Gasteiger partial charge in [0.2, 0.25) is 11.8 Å². The lowest BCUT2D eigenvalue weighted by Crippen LogP contribution is -2.46. The summed E-state index contributed by atoms with van der Waals surface area (Å²) in [5.74, 6) is 1.87. The summed E-state index contributed by atoms with van der Waals surface area (Å²) in [5, 5.41) is 13.3. The van der Waals surface area contributed by atoms with Crippen molar-refractivity contribution in [3.63, 3.8) is 0 Å². The van der Waals surface area contributed by atoms with Gasteiger partial charge in [-0.3, -0.25) is 9.69 Å². The van der Waals surface area contributed by atoms with Gasteiger partial charge in [-0.25, -0.2) is 4.98 Å². The van der Waals surface area contributed by atoms with E-state index in [-0.39, 0.29) is 17.7 Å². The fourth-order valence-electron chi connectivity index (χ4n) is 3.93. The van der Waals surface area contributed by atoms with Crippen molar-refractivity contribution in [2.24, 2.45) is 0 Å². The van der Waals surface area contributed by atoms with E-state index < -0.39 is 0 Å². The quantitative estimate of drug-likeness (QED) is 0.567. The number of methoxy groups -OCH3 is 1. The van der Waals surface area contributed by atoms with Gasteiger partial charge in [0, 0.05) is 18.2 Å². The number of benzene rings is 2. The number of ether oxygens (including phenoxy) is 2. The molecule has 3 aromatic rings. The first-order valence-corrected chi connectivity index (χ1v) is 10.7. The van der Waals surface area contributed by atoms with Gasteiger partial charge < -0.3 is 19.9 Å². The molecule has 2 aromatic carbocycles. The van der Waals surface area contributed by atoms with Crippen molar-refractivity contribution in [2.75, 3.05) is 19.0 Å². The molecular formula is C25H27N3O4. The molecule has 1 aromatic heterocycles. The Morgan fingerprint density at radius 2 is 1.97 bits per heavy atom. The van der Waals surface area contributed by atoms with E-state index in [0.717, 1.165) is 25.8 Å². The fraction of sp³-hybridized carbons (Fsp3) is 0.280. The van der Waals surface area contributed by atoms with Crippen LogP contribution in [0.3, 0.4) is 0 Å². The summed E-state index contributed by atoms with van der Waals surface area (Å²) in [4.78, 5) is 19.5. The van der Waals surface area contributed by atoms with Crippen LogP contribution in [-0.4, -0.2) is 40.6 Å². The first kappa shape index (κ1) is 21.6. The van der Waals surface area contributed by atoms with Crippen molar-refractivity contribution in [3.8, 4) is 23.1 Å². The predicted molar refractivity (Wildman–Crippen MR) is 122 cm³/mol. The first-order valence-electron chi connectivity index (χ1n) is 10.7. The molecule has 4 rings (SSSR count). The minimum Gasteiger partial charge on any atom is -0.507 e. The number of hydrogen-bond donors (Lipinski definition) is 2. The highest BCUT2D eigenvalue weighted by atomic mass is 16.5.